The van der Waals surface area contributed by atoms with Gasteiger partial charge in [0.25, 0.3) is 0 Å². The first kappa shape index (κ1) is 11.7. The Morgan fingerprint density at radius 3 is 1.94 bits per heavy atom. The van der Waals surface area contributed by atoms with Crippen LogP contribution in [0.15, 0.2) is 48.5 Å². The molecule has 0 aliphatic carbocycles. The van der Waals surface area contributed by atoms with E-state index >= 15 is 0 Å². The average Bonchev–Trinajstić information content (AvgIpc) is 2.29. The van der Waals surface area contributed by atoms with Crippen LogP contribution in [0, 0.1) is 6.92 Å². The van der Waals surface area contributed by atoms with Gasteiger partial charge in [-0.2, -0.15) is 13.2 Å². The quantitative estimate of drug-likeness (QED) is 0.674. The third kappa shape index (κ3) is 2.49. The van der Waals surface area contributed by atoms with E-state index in [4.69, 9.17) is 0 Å². The molecule has 0 spiro atoms. The fraction of sp³-hybridized carbons (Fsp3) is 0.143. The highest BCUT2D eigenvalue weighted by Gasteiger charge is 2.29. The fourth-order valence-electron chi connectivity index (χ4n) is 1.74. The lowest BCUT2D eigenvalue weighted by atomic mass is 9.99. The Bertz CT molecular complexity index is 510. The lowest BCUT2D eigenvalue weighted by Crippen LogP contribution is -2.04. The molecule has 2 aromatic rings. The van der Waals surface area contributed by atoms with E-state index in [1.54, 1.807) is 0 Å². The van der Waals surface area contributed by atoms with Crippen molar-refractivity contribution >= 4 is 0 Å². The van der Waals surface area contributed by atoms with E-state index in [0.29, 0.717) is 0 Å². The molecular formula is C14H11F3. The molecule has 0 aromatic heterocycles. The van der Waals surface area contributed by atoms with Crippen molar-refractivity contribution in [3.63, 3.8) is 0 Å². The fourth-order valence-corrected chi connectivity index (χ4v) is 1.74. The van der Waals surface area contributed by atoms with E-state index in [1.165, 1.54) is 12.1 Å². The van der Waals surface area contributed by atoms with Gasteiger partial charge in [0.2, 0.25) is 0 Å². The Labute approximate surface area is 97.7 Å². The first-order valence-corrected chi connectivity index (χ1v) is 5.22. The van der Waals surface area contributed by atoms with Crippen LogP contribution in [-0.2, 0) is 6.18 Å². The molecule has 2 aromatic carbocycles. The minimum absolute atomic E-state index is 0.616. The summed E-state index contributed by atoms with van der Waals surface area (Å²) in [4.78, 5) is 0. The van der Waals surface area contributed by atoms with E-state index < -0.39 is 11.7 Å². The third-order valence-electron chi connectivity index (χ3n) is 2.67. The van der Waals surface area contributed by atoms with Gasteiger partial charge in [-0.05, 0) is 35.7 Å². The smallest absolute Gasteiger partial charge is 0.166 e. The van der Waals surface area contributed by atoms with Gasteiger partial charge in [0.05, 0.1) is 5.56 Å². The number of hydrogen-bond donors (Lipinski definition) is 0. The summed E-state index contributed by atoms with van der Waals surface area (Å²) in [5.74, 6) is 0. The van der Waals surface area contributed by atoms with Gasteiger partial charge in [0.1, 0.15) is 0 Å². The predicted octanol–water partition coefficient (Wildman–Crippen LogP) is 4.68. The zero-order chi connectivity index (χ0) is 12.5. The summed E-state index contributed by atoms with van der Waals surface area (Å²) in [5.41, 5.74) is 2.19. The van der Waals surface area contributed by atoms with Crippen LogP contribution in [0.4, 0.5) is 13.2 Å². The van der Waals surface area contributed by atoms with Crippen LogP contribution >= 0.6 is 0 Å². The molecule has 0 heterocycles. The van der Waals surface area contributed by atoms with Crippen molar-refractivity contribution in [2.75, 3.05) is 0 Å². The lowest BCUT2D eigenvalue weighted by molar-refractivity contribution is -0.137. The second-order valence-corrected chi connectivity index (χ2v) is 3.89. The van der Waals surface area contributed by atoms with Gasteiger partial charge in [0.15, 0.2) is 0 Å². The number of aryl methyl sites for hydroxylation is 1. The van der Waals surface area contributed by atoms with E-state index in [9.17, 15) is 13.2 Å². The predicted molar refractivity (Wildman–Crippen MR) is 61.6 cm³/mol. The Morgan fingerprint density at radius 1 is 0.824 bits per heavy atom. The summed E-state index contributed by atoms with van der Waals surface area (Å²) in [7, 11) is 0. The third-order valence-corrected chi connectivity index (χ3v) is 2.67. The van der Waals surface area contributed by atoms with Gasteiger partial charge in [0, 0.05) is 0 Å². The molecule has 0 unspecified atom stereocenters. The molecule has 17 heavy (non-hydrogen) atoms. The molecule has 0 N–H and O–H groups in total. The van der Waals surface area contributed by atoms with E-state index in [1.807, 2.05) is 31.2 Å². The normalized spacial score (nSPS) is 11.5. The SMILES string of the molecule is Cc1ccccc1-c1ccc(C(F)(F)F)cc1. The van der Waals surface area contributed by atoms with Gasteiger partial charge in [-0.15, -0.1) is 0 Å². The maximum absolute atomic E-state index is 12.4. The van der Waals surface area contributed by atoms with E-state index in [2.05, 4.69) is 0 Å². The summed E-state index contributed by atoms with van der Waals surface area (Å²) in [6.07, 6.45) is -4.27. The first-order valence-electron chi connectivity index (χ1n) is 5.22. The van der Waals surface area contributed by atoms with E-state index in [-0.39, 0.29) is 0 Å². The standard InChI is InChI=1S/C14H11F3/c1-10-4-2-3-5-13(10)11-6-8-12(9-7-11)14(15,16)17/h2-9H,1H3. The molecular weight excluding hydrogens is 225 g/mol. The van der Waals surface area contributed by atoms with Crippen molar-refractivity contribution in [3.05, 3.63) is 59.7 Å². The van der Waals surface area contributed by atoms with Gasteiger partial charge in [-0.3, -0.25) is 0 Å². The highest BCUT2D eigenvalue weighted by molar-refractivity contribution is 5.67. The highest BCUT2D eigenvalue weighted by Crippen LogP contribution is 2.31. The van der Waals surface area contributed by atoms with Crippen molar-refractivity contribution < 1.29 is 13.2 Å². The summed E-state index contributed by atoms with van der Waals surface area (Å²) < 4.78 is 37.2. The molecule has 2 rings (SSSR count). The second kappa shape index (κ2) is 4.24. The Balaban J connectivity index is 2.40. The Kier molecular flexibility index (Phi) is 2.92. The lowest BCUT2D eigenvalue weighted by Gasteiger charge is -2.09. The Hall–Kier alpha value is -1.77. The molecule has 0 amide bonds. The van der Waals surface area contributed by atoms with Crippen LogP contribution in [0.1, 0.15) is 11.1 Å². The van der Waals surface area contributed by atoms with Crippen molar-refractivity contribution in [2.24, 2.45) is 0 Å². The number of hydrogen-bond acceptors (Lipinski definition) is 0. The van der Waals surface area contributed by atoms with Crippen molar-refractivity contribution in [3.8, 4) is 11.1 Å². The Morgan fingerprint density at radius 2 is 1.41 bits per heavy atom. The number of alkyl halides is 3. The summed E-state index contributed by atoms with van der Waals surface area (Å²) >= 11 is 0. The molecule has 0 aliphatic heterocycles. The van der Waals surface area contributed by atoms with Crippen LogP contribution in [-0.4, -0.2) is 0 Å². The molecule has 0 bridgehead atoms. The zero-order valence-corrected chi connectivity index (χ0v) is 9.25. The van der Waals surface area contributed by atoms with Crippen LogP contribution in [0.5, 0.6) is 0 Å². The topological polar surface area (TPSA) is 0 Å². The second-order valence-electron chi connectivity index (χ2n) is 3.89. The minimum atomic E-state index is -4.27. The first-order chi connectivity index (χ1) is 7.98. The largest absolute Gasteiger partial charge is 0.416 e. The average molecular weight is 236 g/mol. The molecule has 88 valence electrons. The van der Waals surface area contributed by atoms with Gasteiger partial charge in [-0.1, -0.05) is 36.4 Å². The van der Waals surface area contributed by atoms with Gasteiger partial charge in [-0.25, -0.2) is 0 Å². The van der Waals surface area contributed by atoms with Crippen LogP contribution < -0.4 is 0 Å². The maximum Gasteiger partial charge on any atom is 0.416 e. The zero-order valence-electron chi connectivity index (χ0n) is 9.25. The van der Waals surface area contributed by atoms with Crippen LogP contribution in [0.25, 0.3) is 11.1 Å². The number of benzene rings is 2. The van der Waals surface area contributed by atoms with Gasteiger partial charge < -0.3 is 0 Å². The van der Waals surface area contributed by atoms with Crippen LogP contribution in [0.3, 0.4) is 0 Å². The van der Waals surface area contributed by atoms with Crippen molar-refractivity contribution in [1.82, 2.24) is 0 Å². The van der Waals surface area contributed by atoms with Crippen LogP contribution in [0.2, 0.25) is 0 Å². The van der Waals surface area contributed by atoms with Crippen molar-refractivity contribution in [1.29, 1.82) is 0 Å². The van der Waals surface area contributed by atoms with Crippen molar-refractivity contribution in [2.45, 2.75) is 13.1 Å². The summed E-state index contributed by atoms with van der Waals surface area (Å²) in [5, 5.41) is 0. The molecule has 0 radical (unpaired) electrons. The number of halogens is 3. The maximum atomic E-state index is 12.4. The monoisotopic (exact) mass is 236 g/mol. The molecule has 3 heteroatoms. The molecule has 0 nitrogen and oxygen atoms in total. The summed E-state index contributed by atoms with van der Waals surface area (Å²) in [6.45, 7) is 1.94. The number of rotatable bonds is 1. The summed E-state index contributed by atoms with van der Waals surface area (Å²) in [6, 6.07) is 12.9. The molecule has 0 saturated heterocycles. The molecule has 0 atom stereocenters. The molecule has 0 saturated carbocycles. The minimum Gasteiger partial charge on any atom is -0.166 e. The molecule has 0 fully saturated rings. The van der Waals surface area contributed by atoms with Gasteiger partial charge >= 0.3 is 6.18 Å². The molecule has 0 aliphatic rings. The van der Waals surface area contributed by atoms with E-state index in [0.717, 1.165) is 28.8 Å². The highest BCUT2D eigenvalue weighted by atomic mass is 19.4.